The van der Waals surface area contributed by atoms with Crippen LogP contribution >= 0.6 is 0 Å². The van der Waals surface area contributed by atoms with Gasteiger partial charge in [0.2, 0.25) is 5.91 Å². The Kier molecular flexibility index (Phi) is 5.45. The van der Waals surface area contributed by atoms with E-state index >= 15 is 0 Å². The van der Waals surface area contributed by atoms with E-state index in [-0.39, 0.29) is 17.5 Å². The molecule has 2 aromatic heterocycles. The monoisotopic (exact) mass is 320 g/mol. The molecule has 0 aliphatic heterocycles. The highest BCUT2D eigenvalue weighted by molar-refractivity contribution is 5.78. The van der Waals surface area contributed by atoms with E-state index in [1.54, 1.807) is 13.1 Å². The van der Waals surface area contributed by atoms with Gasteiger partial charge >= 0.3 is 5.69 Å². The van der Waals surface area contributed by atoms with E-state index in [1.165, 1.54) is 17.1 Å². The first-order chi connectivity index (χ1) is 11.0. The zero-order valence-electron chi connectivity index (χ0n) is 13.2. The number of nitrogens with zero attached hydrogens (tertiary/aromatic N) is 5. The molecule has 0 saturated carbocycles. The maximum atomic E-state index is 12.0. The summed E-state index contributed by atoms with van der Waals surface area (Å²) < 4.78 is 3.30. The summed E-state index contributed by atoms with van der Waals surface area (Å²) in [4.78, 5) is 22.1. The molecule has 2 rings (SSSR count). The van der Waals surface area contributed by atoms with Gasteiger partial charge < -0.3 is 5.32 Å². The first-order valence-corrected chi connectivity index (χ1v) is 7.40. The van der Waals surface area contributed by atoms with Crippen molar-refractivity contribution in [2.24, 2.45) is 5.92 Å². The Bertz CT molecular complexity index is 678. The van der Waals surface area contributed by atoms with E-state index in [0.717, 1.165) is 18.7 Å². The van der Waals surface area contributed by atoms with Gasteiger partial charge in [0.05, 0.1) is 17.4 Å². The highest BCUT2D eigenvalue weighted by Crippen LogP contribution is 2.09. The summed E-state index contributed by atoms with van der Waals surface area (Å²) in [5, 5.41) is 21.5. The van der Waals surface area contributed by atoms with Crippen LogP contribution in [0.25, 0.3) is 0 Å². The van der Waals surface area contributed by atoms with Crippen LogP contribution in [0.1, 0.15) is 19.0 Å². The van der Waals surface area contributed by atoms with Gasteiger partial charge in [0.15, 0.2) is 0 Å². The number of hydrogen-bond acceptors (Lipinski definition) is 5. The van der Waals surface area contributed by atoms with Gasteiger partial charge in [-0.3, -0.25) is 24.3 Å². The second-order valence-electron chi connectivity index (χ2n) is 5.42. The largest absolute Gasteiger partial charge is 0.356 e. The van der Waals surface area contributed by atoms with Gasteiger partial charge in [-0.1, -0.05) is 6.92 Å². The number of rotatable bonds is 8. The normalized spacial score (nSPS) is 12.1. The fraction of sp³-hybridized carbons (Fsp3) is 0.500. The van der Waals surface area contributed by atoms with Gasteiger partial charge in [-0.25, -0.2) is 0 Å². The Morgan fingerprint density at radius 3 is 2.87 bits per heavy atom. The van der Waals surface area contributed by atoms with Crippen LogP contribution in [0.3, 0.4) is 0 Å². The average molecular weight is 320 g/mol. The Morgan fingerprint density at radius 2 is 2.26 bits per heavy atom. The maximum Gasteiger partial charge on any atom is 0.306 e. The zero-order chi connectivity index (χ0) is 16.8. The van der Waals surface area contributed by atoms with E-state index in [0.29, 0.717) is 13.1 Å². The molecule has 9 heteroatoms. The van der Waals surface area contributed by atoms with Gasteiger partial charge in [-0.15, -0.1) is 0 Å². The van der Waals surface area contributed by atoms with Crippen LogP contribution in [0.4, 0.5) is 5.69 Å². The molecule has 0 saturated heterocycles. The molecule has 0 radical (unpaired) electrons. The highest BCUT2D eigenvalue weighted by Gasteiger charge is 2.16. The molecule has 0 aromatic carbocycles. The number of carbonyl (C=O) groups excluding carboxylic acids is 1. The van der Waals surface area contributed by atoms with Gasteiger partial charge in [0, 0.05) is 25.0 Å². The predicted molar refractivity (Wildman–Crippen MR) is 82.6 cm³/mol. The molecular weight excluding hydrogens is 300 g/mol. The SMILES string of the molecule is Cc1ccnn1CCCNC(=O)C(C)Cn1cc([N+](=O)[O-])cn1. The molecule has 2 aromatic rings. The summed E-state index contributed by atoms with van der Waals surface area (Å²) in [5.41, 5.74) is 1.01. The molecule has 2 heterocycles. The fourth-order valence-corrected chi connectivity index (χ4v) is 2.16. The quantitative estimate of drug-likeness (QED) is 0.446. The number of amides is 1. The molecule has 1 unspecified atom stereocenters. The summed E-state index contributed by atoms with van der Waals surface area (Å²) in [7, 11) is 0. The van der Waals surface area contributed by atoms with Crippen LogP contribution in [0, 0.1) is 23.0 Å². The summed E-state index contributed by atoms with van der Waals surface area (Å²) in [6.07, 6.45) is 5.04. The topological polar surface area (TPSA) is 108 Å². The number of aryl methyl sites for hydroxylation is 2. The lowest BCUT2D eigenvalue weighted by atomic mass is 10.1. The average Bonchev–Trinajstić information content (AvgIpc) is 3.13. The number of nitro groups is 1. The first kappa shape index (κ1) is 16.7. The minimum Gasteiger partial charge on any atom is -0.356 e. The second kappa shape index (κ2) is 7.52. The van der Waals surface area contributed by atoms with Crippen LogP contribution in [0.5, 0.6) is 0 Å². The second-order valence-corrected chi connectivity index (χ2v) is 5.42. The molecular formula is C14H20N6O3. The molecule has 9 nitrogen and oxygen atoms in total. The number of hydrogen-bond donors (Lipinski definition) is 1. The van der Waals surface area contributed by atoms with Crippen LogP contribution in [0.2, 0.25) is 0 Å². The van der Waals surface area contributed by atoms with Gasteiger partial charge in [0.25, 0.3) is 0 Å². The minimum absolute atomic E-state index is 0.0767. The summed E-state index contributed by atoms with van der Waals surface area (Å²) >= 11 is 0. The molecule has 0 aliphatic rings. The lowest BCUT2D eigenvalue weighted by Gasteiger charge is -2.12. The highest BCUT2D eigenvalue weighted by atomic mass is 16.6. The van der Waals surface area contributed by atoms with Crippen molar-refractivity contribution in [3.05, 3.63) is 40.5 Å². The van der Waals surface area contributed by atoms with Crippen molar-refractivity contribution < 1.29 is 9.72 Å². The van der Waals surface area contributed by atoms with Gasteiger partial charge in [-0.05, 0) is 19.4 Å². The molecule has 124 valence electrons. The summed E-state index contributed by atoms with van der Waals surface area (Å²) in [5.74, 6) is -0.415. The molecule has 0 aliphatic carbocycles. The predicted octanol–water partition coefficient (Wildman–Crippen LogP) is 1.14. The third kappa shape index (κ3) is 4.63. The van der Waals surface area contributed by atoms with Crippen molar-refractivity contribution in [2.75, 3.05) is 6.54 Å². The van der Waals surface area contributed by atoms with Crippen LogP contribution in [-0.4, -0.2) is 36.9 Å². The summed E-state index contributed by atoms with van der Waals surface area (Å²) in [6, 6.07) is 1.93. The van der Waals surface area contributed by atoms with Crippen LogP contribution in [-0.2, 0) is 17.9 Å². The Labute approximate surface area is 133 Å². The van der Waals surface area contributed by atoms with E-state index in [9.17, 15) is 14.9 Å². The molecule has 23 heavy (non-hydrogen) atoms. The summed E-state index contributed by atoms with van der Waals surface area (Å²) in [6.45, 7) is 5.36. The lowest BCUT2D eigenvalue weighted by Crippen LogP contribution is -2.32. The zero-order valence-corrected chi connectivity index (χ0v) is 13.2. The van der Waals surface area contributed by atoms with E-state index in [2.05, 4.69) is 15.5 Å². The number of nitrogens with one attached hydrogen (secondary N) is 1. The standard InChI is InChI=1S/C14H20N6O3/c1-11(9-18-10-13(8-17-18)20(22)23)14(21)15-5-3-7-19-12(2)4-6-16-19/h4,6,8,10-11H,3,5,7,9H2,1-2H3,(H,15,21). The molecule has 0 fully saturated rings. The number of carbonyl (C=O) groups is 1. The van der Waals surface area contributed by atoms with Crippen molar-refractivity contribution in [3.8, 4) is 0 Å². The van der Waals surface area contributed by atoms with Crippen LogP contribution < -0.4 is 5.32 Å². The van der Waals surface area contributed by atoms with Crippen molar-refractivity contribution in [3.63, 3.8) is 0 Å². The molecule has 0 bridgehead atoms. The van der Waals surface area contributed by atoms with E-state index in [1.807, 2.05) is 17.7 Å². The third-order valence-corrected chi connectivity index (χ3v) is 3.51. The van der Waals surface area contributed by atoms with Crippen molar-refractivity contribution in [1.29, 1.82) is 0 Å². The van der Waals surface area contributed by atoms with Crippen molar-refractivity contribution in [1.82, 2.24) is 24.9 Å². The number of aromatic nitrogens is 4. The lowest BCUT2D eigenvalue weighted by molar-refractivity contribution is -0.385. The third-order valence-electron chi connectivity index (χ3n) is 3.51. The minimum atomic E-state index is -0.508. The maximum absolute atomic E-state index is 12.0. The molecule has 1 amide bonds. The van der Waals surface area contributed by atoms with Crippen LogP contribution in [0.15, 0.2) is 24.7 Å². The van der Waals surface area contributed by atoms with Gasteiger partial charge in [-0.2, -0.15) is 10.2 Å². The molecule has 1 N–H and O–H groups in total. The van der Waals surface area contributed by atoms with Gasteiger partial charge in [0.1, 0.15) is 12.4 Å². The Hall–Kier alpha value is -2.71. The van der Waals surface area contributed by atoms with E-state index in [4.69, 9.17) is 0 Å². The van der Waals surface area contributed by atoms with Crippen molar-refractivity contribution >= 4 is 11.6 Å². The molecule has 1 atom stereocenters. The molecule has 0 spiro atoms. The smallest absolute Gasteiger partial charge is 0.306 e. The fourth-order valence-electron chi connectivity index (χ4n) is 2.16. The van der Waals surface area contributed by atoms with Crippen molar-refractivity contribution in [2.45, 2.75) is 33.4 Å². The van der Waals surface area contributed by atoms with E-state index < -0.39 is 4.92 Å². The first-order valence-electron chi connectivity index (χ1n) is 7.40. The Morgan fingerprint density at radius 1 is 1.48 bits per heavy atom. The Balaban J connectivity index is 1.72.